The molecule has 0 unspecified atom stereocenters. The van der Waals surface area contributed by atoms with Crippen LogP contribution in [0, 0.1) is 5.82 Å². The molecule has 2 nitrogen and oxygen atoms in total. The fourth-order valence-corrected chi connectivity index (χ4v) is 2.14. The Bertz CT molecular complexity index is 551. The Morgan fingerprint density at radius 2 is 1.65 bits per heavy atom. The maximum absolute atomic E-state index is 12.8. The molecular formula is C17H18FNO. The number of hydrogen-bond donors (Lipinski definition) is 0. The summed E-state index contributed by atoms with van der Waals surface area (Å²) >= 11 is 0. The number of ketones is 1. The first-order valence-electron chi connectivity index (χ1n) is 6.62. The molecule has 0 fully saturated rings. The molecule has 0 aliphatic rings. The van der Waals surface area contributed by atoms with Crippen LogP contribution in [0.5, 0.6) is 0 Å². The van der Waals surface area contributed by atoms with Crippen LogP contribution < -0.4 is 0 Å². The lowest BCUT2D eigenvalue weighted by Gasteiger charge is -2.15. The first kappa shape index (κ1) is 14.4. The molecule has 0 atom stereocenters. The molecule has 2 aromatic carbocycles. The molecule has 0 saturated heterocycles. The quantitative estimate of drug-likeness (QED) is 0.804. The summed E-state index contributed by atoms with van der Waals surface area (Å²) in [6, 6.07) is 16.1. The number of hydrogen-bond acceptors (Lipinski definition) is 2. The predicted octanol–water partition coefficient (Wildman–Crippen LogP) is 3.07. The number of halogens is 1. The van der Waals surface area contributed by atoms with Crippen molar-refractivity contribution in [3.8, 4) is 0 Å². The van der Waals surface area contributed by atoms with Gasteiger partial charge < -0.3 is 0 Å². The summed E-state index contributed by atoms with van der Waals surface area (Å²) < 4.78 is 12.8. The topological polar surface area (TPSA) is 20.3 Å². The van der Waals surface area contributed by atoms with Crippen molar-refractivity contribution in [2.45, 2.75) is 13.0 Å². The molecule has 20 heavy (non-hydrogen) atoms. The molecule has 104 valence electrons. The maximum Gasteiger partial charge on any atom is 0.151 e. The molecule has 0 aliphatic heterocycles. The highest BCUT2D eigenvalue weighted by Crippen LogP contribution is 2.06. The van der Waals surface area contributed by atoms with E-state index < -0.39 is 0 Å². The van der Waals surface area contributed by atoms with Crippen LogP contribution in [0.4, 0.5) is 4.39 Å². The molecule has 0 aromatic heterocycles. The van der Waals surface area contributed by atoms with Gasteiger partial charge in [0.1, 0.15) is 5.82 Å². The van der Waals surface area contributed by atoms with Crippen molar-refractivity contribution >= 4 is 5.78 Å². The number of nitrogens with zero attached hydrogens (tertiary/aromatic N) is 1. The van der Waals surface area contributed by atoms with Crippen molar-refractivity contribution in [1.29, 1.82) is 0 Å². The van der Waals surface area contributed by atoms with Crippen LogP contribution in [0.3, 0.4) is 0 Å². The number of likely N-dealkylation sites (N-methyl/N-ethyl adjacent to an activating group) is 1. The first-order chi connectivity index (χ1) is 9.63. The Morgan fingerprint density at radius 1 is 1.00 bits per heavy atom. The lowest BCUT2D eigenvalue weighted by atomic mass is 10.1. The SMILES string of the molecule is CN(CC(=O)Cc1ccc(F)cc1)Cc1ccccc1. The second-order valence-corrected chi connectivity index (χ2v) is 5.00. The molecule has 0 saturated carbocycles. The van der Waals surface area contributed by atoms with Crippen LogP contribution in [0.25, 0.3) is 0 Å². The first-order valence-corrected chi connectivity index (χ1v) is 6.62. The van der Waals surface area contributed by atoms with Gasteiger partial charge in [-0.2, -0.15) is 0 Å². The number of carbonyl (C=O) groups is 1. The lowest BCUT2D eigenvalue weighted by molar-refractivity contribution is -0.119. The van der Waals surface area contributed by atoms with E-state index in [1.165, 1.54) is 17.7 Å². The third-order valence-electron chi connectivity index (χ3n) is 3.06. The average Bonchev–Trinajstić information content (AvgIpc) is 2.42. The summed E-state index contributed by atoms with van der Waals surface area (Å²) in [4.78, 5) is 13.9. The van der Waals surface area contributed by atoms with E-state index in [2.05, 4.69) is 0 Å². The van der Waals surface area contributed by atoms with Gasteiger partial charge in [-0.3, -0.25) is 9.69 Å². The molecule has 2 rings (SSSR count). The maximum atomic E-state index is 12.8. The van der Waals surface area contributed by atoms with Crippen LogP contribution in [-0.2, 0) is 17.8 Å². The van der Waals surface area contributed by atoms with Gasteiger partial charge in [0, 0.05) is 13.0 Å². The monoisotopic (exact) mass is 271 g/mol. The highest BCUT2D eigenvalue weighted by Gasteiger charge is 2.08. The standard InChI is InChI=1S/C17H18FNO/c1-19(12-15-5-3-2-4-6-15)13-17(20)11-14-7-9-16(18)10-8-14/h2-10H,11-13H2,1H3. The van der Waals surface area contributed by atoms with Gasteiger partial charge in [0.15, 0.2) is 5.78 Å². The van der Waals surface area contributed by atoms with Gasteiger partial charge in [0.2, 0.25) is 0 Å². The molecule has 0 radical (unpaired) electrons. The summed E-state index contributed by atoms with van der Waals surface area (Å²) in [6.07, 6.45) is 0.347. The molecule has 0 N–H and O–H groups in total. The van der Waals surface area contributed by atoms with E-state index in [9.17, 15) is 9.18 Å². The number of carbonyl (C=O) groups excluding carboxylic acids is 1. The van der Waals surface area contributed by atoms with Crippen molar-refractivity contribution in [3.63, 3.8) is 0 Å². The van der Waals surface area contributed by atoms with E-state index in [0.29, 0.717) is 13.0 Å². The van der Waals surface area contributed by atoms with E-state index in [4.69, 9.17) is 0 Å². The molecule has 0 bridgehead atoms. The second kappa shape index (κ2) is 6.96. The van der Waals surface area contributed by atoms with Crippen molar-refractivity contribution < 1.29 is 9.18 Å². The van der Waals surface area contributed by atoms with Crippen molar-refractivity contribution in [3.05, 3.63) is 71.5 Å². The number of rotatable bonds is 6. The fourth-order valence-electron chi connectivity index (χ4n) is 2.14. The smallest absolute Gasteiger partial charge is 0.151 e. The minimum absolute atomic E-state index is 0.134. The normalized spacial score (nSPS) is 10.8. The van der Waals surface area contributed by atoms with E-state index in [1.54, 1.807) is 12.1 Å². The van der Waals surface area contributed by atoms with Crippen LogP contribution >= 0.6 is 0 Å². The van der Waals surface area contributed by atoms with Crippen LogP contribution in [0.15, 0.2) is 54.6 Å². The van der Waals surface area contributed by atoms with E-state index in [1.807, 2.05) is 42.3 Å². The van der Waals surface area contributed by atoms with Gasteiger partial charge in [-0.05, 0) is 30.3 Å². The second-order valence-electron chi connectivity index (χ2n) is 5.00. The Hall–Kier alpha value is -2.00. The Labute approximate surface area is 118 Å². The van der Waals surface area contributed by atoms with E-state index in [-0.39, 0.29) is 11.6 Å². The molecule has 0 spiro atoms. The fraction of sp³-hybridized carbons (Fsp3) is 0.235. The van der Waals surface area contributed by atoms with Gasteiger partial charge in [-0.25, -0.2) is 4.39 Å². The zero-order valence-electron chi connectivity index (χ0n) is 11.6. The van der Waals surface area contributed by atoms with Crippen molar-refractivity contribution in [1.82, 2.24) is 4.90 Å². The molecule has 0 amide bonds. The van der Waals surface area contributed by atoms with Crippen LogP contribution in [0.2, 0.25) is 0 Å². The van der Waals surface area contributed by atoms with Crippen LogP contribution in [0.1, 0.15) is 11.1 Å². The number of benzene rings is 2. The summed E-state index contributed by atoms with van der Waals surface area (Å²) in [5.74, 6) is -0.141. The molecule has 0 aliphatic carbocycles. The largest absolute Gasteiger partial charge is 0.298 e. The molecule has 0 heterocycles. The highest BCUT2D eigenvalue weighted by atomic mass is 19.1. The summed E-state index contributed by atoms with van der Waals surface area (Å²) in [7, 11) is 1.93. The Balaban J connectivity index is 1.83. The van der Waals surface area contributed by atoms with Gasteiger partial charge in [0.05, 0.1) is 6.54 Å². The van der Waals surface area contributed by atoms with Crippen LogP contribution in [-0.4, -0.2) is 24.3 Å². The van der Waals surface area contributed by atoms with E-state index in [0.717, 1.165) is 12.1 Å². The summed E-state index contributed by atoms with van der Waals surface area (Å²) in [5, 5.41) is 0. The zero-order chi connectivity index (χ0) is 14.4. The lowest BCUT2D eigenvalue weighted by Crippen LogP contribution is -2.26. The van der Waals surface area contributed by atoms with Gasteiger partial charge >= 0.3 is 0 Å². The number of Topliss-reactive ketones (excluding diaryl/α,β-unsaturated/α-hetero) is 1. The highest BCUT2D eigenvalue weighted by molar-refractivity contribution is 5.82. The average molecular weight is 271 g/mol. The summed E-state index contributed by atoms with van der Waals surface area (Å²) in [5.41, 5.74) is 2.04. The minimum atomic E-state index is -0.276. The van der Waals surface area contributed by atoms with Gasteiger partial charge in [-0.1, -0.05) is 42.5 Å². The third-order valence-corrected chi connectivity index (χ3v) is 3.06. The van der Waals surface area contributed by atoms with Crippen molar-refractivity contribution in [2.24, 2.45) is 0 Å². The molecule has 3 heteroatoms. The van der Waals surface area contributed by atoms with Gasteiger partial charge in [0.25, 0.3) is 0 Å². The Kier molecular flexibility index (Phi) is 5.02. The predicted molar refractivity (Wildman–Crippen MR) is 77.9 cm³/mol. The zero-order valence-corrected chi connectivity index (χ0v) is 11.6. The minimum Gasteiger partial charge on any atom is -0.298 e. The molecule has 2 aromatic rings. The van der Waals surface area contributed by atoms with E-state index >= 15 is 0 Å². The Morgan fingerprint density at radius 3 is 2.30 bits per heavy atom. The third kappa shape index (κ3) is 4.59. The summed E-state index contributed by atoms with van der Waals surface area (Å²) in [6.45, 7) is 1.14. The van der Waals surface area contributed by atoms with Gasteiger partial charge in [-0.15, -0.1) is 0 Å². The molecular weight excluding hydrogens is 253 g/mol. The van der Waals surface area contributed by atoms with Crippen molar-refractivity contribution in [2.75, 3.05) is 13.6 Å².